The van der Waals surface area contributed by atoms with Gasteiger partial charge < -0.3 is 14.9 Å². The number of carbonyl (C=O) groups is 2. The number of likely N-dealkylation sites (N-methyl/N-ethyl adjacent to an activating group) is 1. The van der Waals surface area contributed by atoms with E-state index in [9.17, 15) is 14.7 Å². The standard InChI is InChI=1S/C31H31ClN4O3/c1-35(2)16-17-36(21-22-8-4-3-5-9-22)30(38)19-23-12-13-25(27-11-7-6-10-26(23)27)20-33-34-31(39)24-14-15-29(37)28(32)18-24/h3-15,18,20,37H,16-17,19,21H2,1-2H3,(H,34,39). The van der Waals surface area contributed by atoms with Gasteiger partial charge in [-0.15, -0.1) is 0 Å². The van der Waals surface area contributed by atoms with Crippen LogP contribution in [0.15, 0.2) is 90.0 Å². The van der Waals surface area contributed by atoms with Crippen LogP contribution in [0.3, 0.4) is 0 Å². The molecule has 0 bridgehead atoms. The number of halogens is 1. The Hall–Kier alpha value is -4.20. The van der Waals surface area contributed by atoms with Crippen molar-refractivity contribution in [1.82, 2.24) is 15.2 Å². The van der Waals surface area contributed by atoms with Gasteiger partial charge in [-0.2, -0.15) is 5.10 Å². The molecule has 0 aliphatic carbocycles. The molecule has 0 aliphatic rings. The van der Waals surface area contributed by atoms with Crippen molar-refractivity contribution < 1.29 is 14.7 Å². The second-order valence-electron chi connectivity index (χ2n) is 9.51. The number of amides is 2. The summed E-state index contributed by atoms with van der Waals surface area (Å²) in [6, 6.07) is 25.9. The van der Waals surface area contributed by atoms with E-state index in [1.54, 1.807) is 6.21 Å². The molecule has 200 valence electrons. The maximum absolute atomic E-state index is 13.5. The van der Waals surface area contributed by atoms with E-state index in [1.807, 2.05) is 85.7 Å². The van der Waals surface area contributed by atoms with Crippen LogP contribution < -0.4 is 5.43 Å². The molecule has 8 heteroatoms. The molecule has 0 aliphatic heterocycles. The fraction of sp³-hybridized carbons (Fsp3) is 0.194. The Balaban J connectivity index is 1.52. The monoisotopic (exact) mass is 542 g/mol. The summed E-state index contributed by atoms with van der Waals surface area (Å²) in [5, 5.41) is 15.6. The lowest BCUT2D eigenvalue weighted by Gasteiger charge is -2.25. The lowest BCUT2D eigenvalue weighted by molar-refractivity contribution is -0.131. The molecule has 0 saturated carbocycles. The van der Waals surface area contributed by atoms with Gasteiger partial charge >= 0.3 is 0 Å². The molecule has 39 heavy (non-hydrogen) atoms. The number of hydrazone groups is 1. The number of aromatic hydroxyl groups is 1. The highest BCUT2D eigenvalue weighted by molar-refractivity contribution is 6.32. The number of phenolic OH excluding ortho intramolecular Hbond substituents is 1. The lowest BCUT2D eigenvalue weighted by Crippen LogP contribution is -2.37. The van der Waals surface area contributed by atoms with E-state index in [0.29, 0.717) is 13.1 Å². The molecular formula is C31H31ClN4O3. The second kappa shape index (κ2) is 13.0. The van der Waals surface area contributed by atoms with E-state index in [4.69, 9.17) is 11.6 Å². The third-order valence-electron chi connectivity index (χ3n) is 6.36. The number of carbonyl (C=O) groups excluding carboxylic acids is 2. The summed E-state index contributed by atoms with van der Waals surface area (Å²) in [6.45, 7) is 1.97. The van der Waals surface area contributed by atoms with E-state index in [-0.39, 0.29) is 28.7 Å². The molecule has 0 unspecified atom stereocenters. The van der Waals surface area contributed by atoms with Gasteiger partial charge in [0.05, 0.1) is 17.7 Å². The van der Waals surface area contributed by atoms with Crippen LogP contribution in [-0.2, 0) is 17.8 Å². The number of fused-ring (bicyclic) bond motifs is 1. The highest BCUT2D eigenvalue weighted by Gasteiger charge is 2.17. The number of rotatable bonds is 10. The van der Waals surface area contributed by atoms with Gasteiger partial charge in [0.1, 0.15) is 5.75 Å². The first-order chi connectivity index (χ1) is 18.8. The third-order valence-corrected chi connectivity index (χ3v) is 6.66. The summed E-state index contributed by atoms with van der Waals surface area (Å²) in [4.78, 5) is 29.9. The number of nitrogens with zero attached hydrogens (tertiary/aromatic N) is 3. The minimum Gasteiger partial charge on any atom is -0.506 e. The Morgan fingerprint density at radius 1 is 0.923 bits per heavy atom. The molecule has 2 N–H and O–H groups in total. The summed E-state index contributed by atoms with van der Waals surface area (Å²) in [7, 11) is 4.00. The number of hydrogen-bond acceptors (Lipinski definition) is 5. The minimum atomic E-state index is -0.448. The first-order valence-corrected chi connectivity index (χ1v) is 13.0. The van der Waals surface area contributed by atoms with E-state index < -0.39 is 5.91 Å². The Labute approximate surface area is 233 Å². The molecule has 0 atom stereocenters. The molecule has 0 aromatic heterocycles. The van der Waals surface area contributed by atoms with Crippen LogP contribution in [0.25, 0.3) is 10.8 Å². The maximum atomic E-state index is 13.5. The fourth-order valence-corrected chi connectivity index (χ4v) is 4.40. The van der Waals surface area contributed by atoms with Crippen molar-refractivity contribution in [3.05, 3.63) is 112 Å². The Morgan fingerprint density at radius 2 is 1.64 bits per heavy atom. The van der Waals surface area contributed by atoms with Crippen molar-refractivity contribution in [2.24, 2.45) is 5.10 Å². The topological polar surface area (TPSA) is 85.2 Å². The van der Waals surface area contributed by atoms with Crippen molar-refractivity contribution >= 4 is 40.4 Å². The van der Waals surface area contributed by atoms with Crippen LogP contribution >= 0.6 is 11.6 Å². The largest absolute Gasteiger partial charge is 0.506 e. The van der Waals surface area contributed by atoms with E-state index >= 15 is 0 Å². The molecule has 0 radical (unpaired) electrons. The van der Waals surface area contributed by atoms with Crippen LogP contribution in [0.2, 0.25) is 5.02 Å². The van der Waals surface area contributed by atoms with Gasteiger partial charge in [0.2, 0.25) is 5.91 Å². The van der Waals surface area contributed by atoms with Crippen molar-refractivity contribution in [1.29, 1.82) is 0 Å². The van der Waals surface area contributed by atoms with Crippen molar-refractivity contribution in [2.75, 3.05) is 27.2 Å². The van der Waals surface area contributed by atoms with E-state index in [0.717, 1.165) is 34.0 Å². The van der Waals surface area contributed by atoms with Gasteiger partial charge in [-0.1, -0.05) is 78.3 Å². The molecule has 0 fully saturated rings. The predicted molar refractivity (Wildman–Crippen MR) is 156 cm³/mol. The van der Waals surface area contributed by atoms with Crippen molar-refractivity contribution in [3.63, 3.8) is 0 Å². The third kappa shape index (κ3) is 7.44. The van der Waals surface area contributed by atoms with Crippen molar-refractivity contribution in [2.45, 2.75) is 13.0 Å². The SMILES string of the molecule is CN(C)CCN(Cc1ccccc1)C(=O)Cc1ccc(C=NNC(=O)c2ccc(O)c(Cl)c2)c2ccccc12. The van der Waals surface area contributed by atoms with E-state index in [1.165, 1.54) is 18.2 Å². The normalized spacial score (nSPS) is 11.3. The zero-order chi connectivity index (χ0) is 27.8. The smallest absolute Gasteiger partial charge is 0.271 e. The maximum Gasteiger partial charge on any atom is 0.271 e. The van der Waals surface area contributed by atoms with Crippen LogP contribution in [0.5, 0.6) is 5.75 Å². The van der Waals surface area contributed by atoms with Gasteiger partial charge in [0, 0.05) is 30.8 Å². The number of hydrogen-bond donors (Lipinski definition) is 2. The molecule has 4 rings (SSSR count). The second-order valence-corrected chi connectivity index (χ2v) is 9.91. The first-order valence-electron chi connectivity index (χ1n) is 12.6. The minimum absolute atomic E-state index is 0.0621. The summed E-state index contributed by atoms with van der Waals surface area (Å²) < 4.78 is 0. The summed E-state index contributed by atoms with van der Waals surface area (Å²) in [5.74, 6) is -0.481. The molecule has 4 aromatic carbocycles. The van der Waals surface area contributed by atoms with Gasteiger partial charge in [0.25, 0.3) is 5.91 Å². The zero-order valence-corrected chi connectivity index (χ0v) is 22.7. The summed E-state index contributed by atoms with van der Waals surface area (Å²) >= 11 is 5.90. The predicted octanol–water partition coefficient (Wildman–Crippen LogP) is 5.10. The lowest BCUT2D eigenvalue weighted by atomic mass is 9.97. The van der Waals surface area contributed by atoms with Gasteiger partial charge in [-0.3, -0.25) is 9.59 Å². The first kappa shape index (κ1) is 27.8. The molecule has 7 nitrogen and oxygen atoms in total. The quantitative estimate of drug-likeness (QED) is 0.216. The average molecular weight is 543 g/mol. The summed E-state index contributed by atoms with van der Waals surface area (Å²) in [5.41, 5.74) is 5.60. The van der Waals surface area contributed by atoms with Gasteiger partial charge in [0.15, 0.2) is 0 Å². The molecule has 4 aromatic rings. The van der Waals surface area contributed by atoms with Crippen molar-refractivity contribution in [3.8, 4) is 5.75 Å². The molecule has 0 spiro atoms. The van der Waals surface area contributed by atoms with Gasteiger partial charge in [-0.05, 0) is 54.2 Å². The Bertz CT molecular complexity index is 1490. The van der Waals surface area contributed by atoms with Crippen LogP contribution in [-0.4, -0.2) is 60.1 Å². The highest BCUT2D eigenvalue weighted by atomic mass is 35.5. The zero-order valence-electron chi connectivity index (χ0n) is 22.0. The van der Waals surface area contributed by atoms with Crippen LogP contribution in [0.1, 0.15) is 27.0 Å². The Morgan fingerprint density at radius 3 is 2.36 bits per heavy atom. The molecule has 2 amide bonds. The number of benzene rings is 4. The molecule has 0 heterocycles. The number of phenols is 1. The average Bonchev–Trinajstić information content (AvgIpc) is 2.94. The Kier molecular flexibility index (Phi) is 9.31. The molecular weight excluding hydrogens is 512 g/mol. The molecule has 0 saturated heterocycles. The van der Waals surface area contributed by atoms with Gasteiger partial charge in [-0.25, -0.2) is 5.43 Å². The number of nitrogens with one attached hydrogen (secondary N) is 1. The van der Waals surface area contributed by atoms with Crippen LogP contribution in [0.4, 0.5) is 0 Å². The van der Waals surface area contributed by atoms with Crippen LogP contribution in [0, 0.1) is 0 Å². The highest BCUT2D eigenvalue weighted by Crippen LogP contribution is 2.24. The fourth-order valence-electron chi connectivity index (χ4n) is 4.22. The summed E-state index contributed by atoms with van der Waals surface area (Å²) in [6.07, 6.45) is 1.85. The van der Waals surface area contributed by atoms with E-state index in [2.05, 4.69) is 15.4 Å².